The number of allylic oxidation sites excluding steroid dienone is 1. The van der Waals surface area contributed by atoms with Crippen molar-refractivity contribution in [1.29, 1.82) is 0 Å². The quantitative estimate of drug-likeness (QED) is 0.228. The second kappa shape index (κ2) is 10.2. The van der Waals surface area contributed by atoms with E-state index in [1.165, 1.54) is 40.6 Å². The van der Waals surface area contributed by atoms with E-state index in [4.69, 9.17) is 0 Å². The second-order valence-corrected chi connectivity index (χ2v) is 12.9. The molecule has 2 aliphatic carbocycles. The fraction of sp³-hybridized carbons (Fsp3) is 0.310. The summed E-state index contributed by atoms with van der Waals surface area (Å²) in [4.78, 5) is 22.3. The van der Waals surface area contributed by atoms with Gasteiger partial charge in [-0.3, -0.25) is 9.78 Å². The van der Waals surface area contributed by atoms with Gasteiger partial charge in [-0.25, -0.2) is 22.5 Å². The Kier molecular flexibility index (Phi) is 6.88. The molecule has 0 saturated heterocycles. The number of hydrogen-bond donors (Lipinski definition) is 0. The third-order valence-electron chi connectivity index (χ3n) is 8.30. The summed E-state index contributed by atoms with van der Waals surface area (Å²) < 4.78 is 85.6. The van der Waals surface area contributed by atoms with Crippen molar-refractivity contribution in [2.45, 2.75) is 42.9 Å². The van der Waals surface area contributed by atoms with E-state index in [2.05, 4.69) is 15.1 Å². The molecule has 1 saturated carbocycles. The molecule has 2 aliphatic rings. The van der Waals surface area contributed by atoms with Crippen molar-refractivity contribution in [3.63, 3.8) is 0 Å². The lowest BCUT2D eigenvalue weighted by molar-refractivity contribution is -0.137. The first kappa shape index (κ1) is 28.9. The number of fused-ring (bicyclic) bond motifs is 2. The Morgan fingerprint density at radius 3 is 2.56 bits per heavy atom. The van der Waals surface area contributed by atoms with Crippen molar-refractivity contribution in [2.75, 3.05) is 7.05 Å². The number of sulfonamides is 1. The molecule has 224 valence electrons. The van der Waals surface area contributed by atoms with Crippen molar-refractivity contribution >= 4 is 21.9 Å². The molecule has 0 spiro atoms. The number of halogens is 4. The highest BCUT2D eigenvalue weighted by Crippen LogP contribution is 2.51. The summed E-state index contributed by atoms with van der Waals surface area (Å²) in [7, 11) is -0.970. The van der Waals surface area contributed by atoms with Gasteiger partial charge in [0.1, 0.15) is 11.5 Å². The minimum atomic E-state index is -4.68. The molecule has 3 heterocycles. The zero-order valence-electron chi connectivity index (χ0n) is 23.1. The Labute approximate surface area is 244 Å². The fourth-order valence-electron chi connectivity index (χ4n) is 6.02. The molecule has 9 nitrogen and oxygen atoms in total. The average molecular weight is 615 g/mol. The molecule has 43 heavy (non-hydrogen) atoms. The van der Waals surface area contributed by atoms with Crippen LogP contribution in [0.1, 0.15) is 46.6 Å². The van der Waals surface area contributed by atoms with E-state index in [1.54, 1.807) is 36.1 Å². The predicted octanol–water partition coefficient (Wildman–Crippen LogP) is 4.84. The van der Waals surface area contributed by atoms with Crippen LogP contribution in [0.3, 0.4) is 0 Å². The summed E-state index contributed by atoms with van der Waals surface area (Å²) in [6, 6.07) is 6.61. The van der Waals surface area contributed by atoms with Crippen LogP contribution in [-0.2, 0) is 29.7 Å². The molecule has 4 aromatic rings. The molecule has 6 rings (SSSR count). The Balaban J connectivity index is 1.44. The zero-order chi connectivity index (χ0) is 30.7. The van der Waals surface area contributed by atoms with Gasteiger partial charge in [0, 0.05) is 32.5 Å². The van der Waals surface area contributed by atoms with Gasteiger partial charge in [0.05, 0.1) is 34.9 Å². The lowest BCUT2D eigenvalue weighted by Gasteiger charge is -2.45. The number of rotatable bonds is 6. The third-order valence-corrected chi connectivity index (χ3v) is 10.1. The second-order valence-electron chi connectivity index (χ2n) is 10.9. The number of pyridine rings is 1. The summed E-state index contributed by atoms with van der Waals surface area (Å²) in [5.41, 5.74) is -0.195. The monoisotopic (exact) mass is 614 g/mol. The summed E-state index contributed by atoms with van der Waals surface area (Å²) in [6.07, 6.45) is 3.12. The van der Waals surface area contributed by atoms with E-state index < -0.39 is 44.8 Å². The smallest absolute Gasteiger partial charge is 0.339 e. The first-order chi connectivity index (χ1) is 20.3. The fourth-order valence-corrected chi connectivity index (χ4v) is 7.37. The number of imidazole rings is 1. The minimum Gasteiger partial charge on any atom is -0.339 e. The van der Waals surface area contributed by atoms with Gasteiger partial charge in [0.25, 0.3) is 10.0 Å². The number of alkyl halides is 3. The van der Waals surface area contributed by atoms with E-state index in [-0.39, 0.29) is 23.6 Å². The van der Waals surface area contributed by atoms with Gasteiger partial charge in [0.2, 0.25) is 0 Å². The highest BCUT2D eigenvalue weighted by molar-refractivity contribution is 7.89. The van der Waals surface area contributed by atoms with Crippen LogP contribution in [0.5, 0.6) is 0 Å². The highest BCUT2D eigenvalue weighted by Gasteiger charge is 2.51. The Morgan fingerprint density at radius 1 is 1.14 bits per heavy atom. The Morgan fingerprint density at radius 2 is 1.88 bits per heavy atom. The minimum absolute atomic E-state index is 0.0132. The van der Waals surface area contributed by atoms with Crippen molar-refractivity contribution in [3.8, 4) is 5.69 Å². The average Bonchev–Trinajstić information content (AvgIpc) is 3.61. The Hall–Kier alpha value is -4.17. The van der Waals surface area contributed by atoms with Crippen molar-refractivity contribution < 1.29 is 30.8 Å². The van der Waals surface area contributed by atoms with Crippen LogP contribution in [0.15, 0.2) is 71.9 Å². The number of carbonyl (C=O) groups excluding carboxylic acids is 1. The number of ketones is 1. The summed E-state index contributed by atoms with van der Waals surface area (Å²) in [6.45, 7) is 0. The molecule has 0 aliphatic heterocycles. The first-order valence-electron chi connectivity index (χ1n) is 13.4. The van der Waals surface area contributed by atoms with E-state index in [0.717, 1.165) is 18.3 Å². The molecule has 0 N–H and O–H groups in total. The third kappa shape index (κ3) is 4.97. The van der Waals surface area contributed by atoms with E-state index in [0.29, 0.717) is 35.4 Å². The van der Waals surface area contributed by atoms with Gasteiger partial charge in [-0.05, 0) is 73.7 Å². The van der Waals surface area contributed by atoms with Crippen molar-refractivity contribution in [1.82, 2.24) is 28.6 Å². The van der Waals surface area contributed by atoms with E-state index >= 15 is 0 Å². The normalized spacial score (nSPS) is 20.4. The van der Waals surface area contributed by atoms with E-state index in [1.807, 2.05) is 0 Å². The standard InChI is InChI=1S/C29H26F4N6O3S/c1-37-16-26(35-17-37)43(41,42)38(2)23-6-3-19-12-25-18(15-36-39(25)22-7-4-21(30)5-8-22)13-28(19,14-23)27(40)24-11-20(9-10-34-24)29(31,32)33/h4-5,7-12,15-17,23H,3,6,13-14H2,1-2H3/t23-,28-/m0/s1. The lowest BCUT2D eigenvalue weighted by Crippen LogP contribution is -2.49. The van der Waals surface area contributed by atoms with Crippen LogP contribution >= 0.6 is 0 Å². The Bertz CT molecular complexity index is 1860. The number of hydrogen-bond acceptors (Lipinski definition) is 6. The number of nitrogens with zero attached hydrogens (tertiary/aromatic N) is 6. The number of Topliss-reactive ketones (excluding diaryl/α,β-unsaturated/α-hetero) is 1. The largest absolute Gasteiger partial charge is 0.416 e. The first-order valence-corrected chi connectivity index (χ1v) is 14.8. The number of aromatic nitrogens is 5. The van der Waals surface area contributed by atoms with Crippen LogP contribution in [-0.4, -0.2) is 55.9 Å². The lowest BCUT2D eigenvalue weighted by atomic mass is 9.60. The number of benzene rings is 1. The highest BCUT2D eigenvalue weighted by atomic mass is 32.2. The van der Waals surface area contributed by atoms with Gasteiger partial charge in [0.15, 0.2) is 10.8 Å². The van der Waals surface area contributed by atoms with Crippen LogP contribution in [0, 0.1) is 11.2 Å². The van der Waals surface area contributed by atoms with Gasteiger partial charge >= 0.3 is 6.18 Å². The maximum Gasteiger partial charge on any atom is 0.416 e. The summed E-state index contributed by atoms with van der Waals surface area (Å²) in [5.74, 6) is -1.04. The summed E-state index contributed by atoms with van der Waals surface area (Å²) >= 11 is 0. The van der Waals surface area contributed by atoms with Crippen molar-refractivity contribution in [3.05, 3.63) is 95.2 Å². The molecule has 0 amide bonds. The maximum absolute atomic E-state index is 14.3. The van der Waals surface area contributed by atoms with E-state index in [9.17, 15) is 30.8 Å². The molecule has 2 atom stereocenters. The van der Waals surface area contributed by atoms with Gasteiger partial charge in [-0.2, -0.15) is 22.6 Å². The molecule has 3 aromatic heterocycles. The molecular weight excluding hydrogens is 588 g/mol. The van der Waals surface area contributed by atoms with Gasteiger partial charge < -0.3 is 4.57 Å². The van der Waals surface area contributed by atoms with Crippen molar-refractivity contribution in [2.24, 2.45) is 12.5 Å². The molecule has 1 aromatic carbocycles. The molecular formula is C29H26F4N6O3S. The van der Waals surface area contributed by atoms with Crippen LogP contribution < -0.4 is 0 Å². The molecule has 0 bridgehead atoms. The number of aryl methyl sites for hydroxylation is 1. The molecule has 14 heteroatoms. The molecule has 0 radical (unpaired) electrons. The SMILES string of the molecule is CN([C@H]1CCC2=Cc3c(cnn3-c3ccc(F)cc3)C[C@]2(C(=O)c2cc(C(F)(F)F)ccn2)C1)S(=O)(=O)c1cn(C)cn1. The van der Waals surface area contributed by atoms with Gasteiger partial charge in [-0.15, -0.1) is 0 Å². The van der Waals surface area contributed by atoms with Crippen LogP contribution in [0.4, 0.5) is 17.6 Å². The molecule has 0 unspecified atom stereocenters. The van der Waals surface area contributed by atoms with Crippen LogP contribution in [0.2, 0.25) is 0 Å². The summed E-state index contributed by atoms with van der Waals surface area (Å²) in [5, 5.41) is 4.31. The number of carbonyl (C=O) groups is 1. The topological polar surface area (TPSA) is 103 Å². The molecule has 1 fully saturated rings. The maximum atomic E-state index is 14.3. The zero-order valence-corrected chi connectivity index (χ0v) is 23.9. The van der Waals surface area contributed by atoms with Gasteiger partial charge in [-0.1, -0.05) is 5.57 Å². The predicted molar refractivity (Wildman–Crippen MR) is 147 cm³/mol. The van der Waals surface area contributed by atoms with Crippen LogP contribution in [0.25, 0.3) is 11.8 Å².